The van der Waals surface area contributed by atoms with Gasteiger partial charge in [-0.05, 0) is 17.7 Å². The van der Waals surface area contributed by atoms with E-state index in [9.17, 15) is 19.5 Å². The summed E-state index contributed by atoms with van der Waals surface area (Å²) in [5.41, 5.74) is 12.4. The first-order valence-corrected chi connectivity index (χ1v) is 12.4. The van der Waals surface area contributed by atoms with Gasteiger partial charge in [0.2, 0.25) is 11.5 Å². The maximum atomic E-state index is 12.9. The number of nitrogens with two attached hydrogens (primary N) is 2. The molecule has 2 aliphatic rings. The van der Waals surface area contributed by atoms with E-state index in [0.29, 0.717) is 24.4 Å². The highest BCUT2D eigenvalue weighted by atomic mass is 32.2. The van der Waals surface area contributed by atoms with Gasteiger partial charge in [-0.3, -0.25) is 14.5 Å². The smallest absolute Gasteiger partial charge is 0.352 e. The molecule has 2 amide bonds. The summed E-state index contributed by atoms with van der Waals surface area (Å²) in [5, 5.41) is 15.6. The van der Waals surface area contributed by atoms with E-state index < -0.39 is 29.2 Å². The highest BCUT2D eigenvalue weighted by Crippen LogP contribution is 2.40. The molecule has 2 aromatic heterocycles. The Balaban J connectivity index is 1.48. The first kappa shape index (κ1) is 25.3. The number of oxime groups is 1. The van der Waals surface area contributed by atoms with Crippen LogP contribution in [0, 0.1) is 0 Å². The Morgan fingerprint density at radius 3 is 2.94 bits per heavy atom. The zero-order chi connectivity index (χ0) is 25.8. The van der Waals surface area contributed by atoms with Gasteiger partial charge in [0.1, 0.15) is 24.2 Å². The first-order chi connectivity index (χ1) is 17.3. The lowest BCUT2D eigenvalue weighted by atomic mass is 10.0. The molecule has 2 aromatic rings. The molecule has 0 radical (unpaired) electrons. The number of aliphatic carboxylic acids is 1. The highest BCUT2D eigenvalue weighted by molar-refractivity contribution is 8.00. The van der Waals surface area contributed by atoms with E-state index in [-0.39, 0.29) is 22.4 Å². The Labute approximate surface area is 213 Å². The fourth-order valence-corrected chi connectivity index (χ4v) is 5.47. The van der Waals surface area contributed by atoms with Gasteiger partial charge in [-0.25, -0.2) is 9.36 Å². The van der Waals surface area contributed by atoms with Crippen molar-refractivity contribution in [1.82, 2.24) is 19.6 Å². The minimum Gasteiger partial charge on any atom is -0.477 e. The molecule has 0 aliphatic carbocycles. The van der Waals surface area contributed by atoms with Crippen LogP contribution in [0.4, 0.5) is 5.13 Å². The molecule has 0 bridgehead atoms. The van der Waals surface area contributed by atoms with Crippen LogP contribution in [0.5, 0.6) is 0 Å². The van der Waals surface area contributed by atoms with Gasteiger partial charge < -0.3 is 26.7 Å². The van der Waals surface area contributed by atoms with Crippen LogP contribution in [0.15, 0.2) is 53.1 Å². The van der Waals surface area contributed by atoms with Crippen molar-refractivity contribution in [3.8, 4) is 0 Å². The number of carbonyl (C=O) groups is 3. The molecule has 1 unspecified atom stereocenters. The zero-order valence-electron chi connectivity index (χ0n) is 19.0. The lowest BCUT2D eigenvalue weighted by Gasteiger charge is -2.49. The topological polar surface area (TPSA) is 190 Å². The second-order valence-corrected chi connectivity index (χ2v) is 9.52. The van der Waals surface area contributed by atoms with Crippen LogP contribution in [-0.2, 0) is 32.3 Å². The van der Waals surface area contributed by atoms with Crippen LogP contribution in [-0.4, -0.2) is 67.1 Å². The second-order valence-electron chi connectivity index (χ2n) is 7.63. The quantitative estimate of drug-likeness (QED) is 0.138. The molecule has 2 aliphatic heterocycles. The van der Waals surface area contributed by atoms with Crippen molar-refractivity contribution in [2.24, 2.45) is 10.9 Å². The van der Waals surface area contributed by atoms with E-state index in [4.69, 9.17) is 16.3 Å². The van der Waals surface area contributed by atoms with Crippen molar-refractivity contribution in [1.29, 1.82) is 0 Å². The molecule has 4 heterocycles. The fraction of sp³-hybridized carbons (Fsp3) is 0.286. The molecule has 2 atom stereocenters. The Hall–Kier alpha value is -3.82. The number of fused-ring (bicyclic) bond motifs is 1. The first-order valence-electron chi connectivity index (χ1n) is 10.6. The number of nitrogens with zero attached hydrogens (tertiary/aromatic N) is 5. The van der Waals surface area contributed by atoms with Gasteiger partial charge >= 0.3 is 5.97 Å². The summed E-state index contributed by atoms with van der Waals surface area (Å²) in [7, 11) is 1.25. The van der Waals surface area contributed by atoms with E-state index >= 15 is 0 Å². The number of amides is 2. The number of hydrogen-bond acceptors (Lipinski definition) is 11. The molecule has 0 aromatic carbocycles. The van der Waals surface area contributed by atoms with Gasteiger partial charge in [0.05, 0.1) is 0 Å². The van der Waals surface area contributed by atoms with Crippen LogP contribution >= 0.6 is 23.3 Å². The highest BCUT2D eigenvalue weighted by Gasteiger charge is 2.54. The van der Waals surface area contributed by atoms with Gasteiger partial charge in [-0.2, -0.15) is 9.36 Å². The number of nitrogens with one attached hydrogen (secondary N) is 1. The third-order valence-electron chi connectivity index (χ3n) is 5.33. The molecular formula is C21H23N8O5S2+. The SMILES string of the molecule is CON=C(C(=O)NC1C(=O)N2C(C(=O)O)=C(C=CC[n+]3cccc(CN)c3)CS[C@@H]12)c1nsc(N)n1. The average molecular weight is 532 g/mol. The van der Waals surface area contributed by atoms with E-state index in [1.807, 2.05) is 35.2 Å². The Bertz CT molecular complexity index is 1290. The summed E-state index contributed by atoms with van der Waals surface area (Å²) >= 11 is 2.23. The number of carboxylic acids is 1. The van der Waals surface area contributed by atoms with Crippen molar-refractivity contribution < 1.29 is 28.9 Å². The molecule has 4 rings (SSSR count). The van der Waals surface area contributed by atoms with E-state index in [2.05, 4.69) is 19.8 Å². The number of allylic oxidation sites excluding steroid dienone is 2. The largest absolute Gasteiger partial charge is 0.477 e. The van der Waals surface area contributed by atoms with Crippen LogP contribution in [0.25, 0.3) is 0 Å². The van der Waals surface area contributed by atoms with E-state index in [1.165, 1.54) is 23.8 Å². The van der Waals surface area contributed by atoms with Crippen molar-refractivity contribution >= 4 is 51.9 Å². The second kappa shape index (κ2) is 10.8. The maximum absolute atomic E-state index is 12.9. The normalized spacial score (nSPS) is 19.8. The minimum absolute atomic E-state index is 0.0369. The van der Waals surface area contributed by atoms with Crippen LogP contribution < -0.4 is 21.4 Å². The number of thioether (sulfide) groups is 1. The molecule has 36 heavy (non-hydrogen) atoms. The molecule has 6 N–H and O–H groups in total. The summed E-state index contributed by atoms with van der Waals surface area (Å²) in [6.07, 6.45) is 7.31. The number of carboxylic acid groups (broad SMARTS) is 1. The summed E-state index contributed by atoms with van der Waals surface area (Å²) in [6, 6.07) is 2.85. The summed E-state index contributed by atoms with van der Waals surface area (Å²) < 4.78 is 5.86. The molecule has 15 heteroatoms. The van der Waals surface area contributed by atoms with Gasteiger partial charge in [-0.15, -0.1) is 11.8 Å². The summed E-state index contributed by atoms with van der Waals surface area (Å²) in [6.45, 7) is 0.917. The molecule has 1 fully saturated rings. The zero-order valence-corrected chi connectivity index (χ0v) is 20.7. The molecule has 0 spiro atoms. The third kappa shape index (κ3) is 5.07. The van der Waals surface area contributed by atoms with Gasteiger partial charge in [0.15, 0.2) is 24.1 Å². The van der Waals surface area contributed by atoms with Crippen molar-refractivity contribution in [3.63, 3.8) is 0 Å². The predicted molar refractivity (Wildman–Crippen MR) is 131 cm³/mol. The monoisotopic (exact) mass is 531 g/mol. The number of rotatable bonds is 9. The van der Waals surface area contributed by atoms with Gasteiger partial charge in [-0.1, -0.05) is 11.2 Å². The lowest BCUT2D eigenvalue weighted by Crippen LogP contribution is -2.71. The number of pyridine rings is 1. The summed E-state index contributed by atoms with van der Waals surface area (Å²) in [5.74, 6) is -2.20. The summed E-state index contributed by atoms with van der Waals surface area (Å²) in [4.78, 5) is 47.6. The van der Waals surface area contributed by atoms with Gasteiger partial charge in [0, 0.05) is 35.5 Å². The Kier molecular flexibility index (Phi) is 7.61. The number of aromatic nitrogens is 3. The molecule has 188 valence electrons. The Morgan fingerprint density at radius 1 is 1.47 bits per heavy atom. The standard InChI is InChI=1S/C21H22N8O5S2/c1-34-26-13(16-25-21(23)36-27-16)17(30)24-14-18(31)29-15(20(32)33)12(10-35-19(14)29)5-3-7-28-6-2-4-11(8-22)9-28/h2-6,9,14,19H,7-8,10,22H2,1H3,(H3-,23,24,25,27,30,32,33)/p+1/t14?,19-/m0/s1. The van der Waals surface area contributed by atoms with Crippen LogP contribution in [0.2, 0.25) is 0 Å². The number of β-lactam (4-membered cyclic amide) rings is 1. The van der Waals surface area contributed by atoms with Crippen molar-refractivity contribution in [2.75, 3.05) is 18.6 Å². The van der Waals surface area contributed by atoms with Crippen LogP contribution in [0.1, 0.15) is 11.4 Å². The number of hydrogen-bond donors (Lipinski definition) is 4. The van der Waals surface area contributed by atoms with Crippen molar-refractivity contribution in [3.05, 3.63) is 59.3 Å². The maximum Gasteiger partial charge on any atom is 0.352 e. The predicted octanol–water partition coefficient (Wildman–Crippen LogP) is -0.788. The van der Waals surface area contributed by atoms with Gasteiger partial charge in [0.25, 0.3) is 11.8 Å². The average Bonchev–Trinajstić information content (AvgIpc) is 3.30. The molecule has 0 saturated carbocycles. The third-order valence-corrected chi connectivity index (χ3v) is 7.17. The molecule has 1 saturated heterocycles. The molecular weight excluding hydrogens is 508 g/mol. The van der Waals surface area contributed by atoms with Crippen molar-refractivity contribution in [2.45, 2.75) is 24.5 Å². The van der Waals surface area contributed by atoms with E-state index in [0.717, 1.165) is 17.1 Å². The van der Waals surface area contributed by atoms with Crippen LogP contribution in [0.3, 0.4) is 0 Å². The number of anilines is 1. The molecule has 13 nitrogen and oxygen atoms in total. The number of carbonyl (C=O) groups excluding carboxylic acids is 2. The fourth-order valence-electron chi connectivity index (χ4n) is 3.71. The lowest BCUT2D eigenvalue weighted by molar-refractivity contribution is -0.687. The minimum atomic E-state index is -1.22. The number of nitrogen functional groups attached to an aromatic ring is 1. The Morgan fingerprint density at radius 2 is 2.28 bits per heavy atom. The van der Waals surface area contributed by atoms with E-state index in [1.54, 1.807) is 6.08 Å².